The molecule has 128 valence electrons. The third-order valence-electron chi connectivity index (χ3n) is 2.52. The van der Waals surface area contributed by atoms with Crippen molar-refractivity contribution >= 4 is 0 Å². The van der Waals surface area contributed by atoms with Crippen LogP contribution >= 0.6 is 0 Å². The number of rotatable bonds is 7. The molecule has 0 saturated carbocycles. The number of aliphatic hydroxyl groups is 1. The van der Waals surface area contributed by atoms with Gasteiger partial charge in [-0.25, -0.2) is 4.39 Å². The average Bonchev–Trinajstić information content (AvgIpc) is 2.26. The van der Waals surface area contributed by atoms with Crippen LogP contribution in [0.15, 0.2) is 0 Å². The van der Waals surface area contributed by atoms with E-state index in [0.29, 0.717) is 0 Å². The molecule has 0 radical (unpaired) electrons. The van der Waals surface area contributed by atoms with Crippen LogP contribution in [0, 0.1) is 0 Å². The van der Waals surface area contributed by atoms with E-state index in [9.17, 15) is 48.3 Å². The molecule has 1 N–H and O–H groups in total. The van der Waals surface area contributed by atoms with E-state index in [4.69, 9.17) is 5.11 Å². The second kappa shape index (κ2) is 5.43. The van der Waals surface area contributed by atoms with Crippen molar-refractivity contribution in [2.24, 2.45) is 0 Å². The van der Waals surface area contributed by atoms with Crippen LogP contribution in [0.1, 0.15) is 19.8 Å². The molecular weight excluding hydrogens is 333 g/mol. The van der Waals surface area contributed by atoms with Crippen LogP contribution in [-0.2, 0) is 0 Å². The lowest BCUT2D eigenvalue weighted by Crippen LogP contribution is -2.68. The van der Waals surface area contributed by atoms with Crippen molar-refractivity contribution < 1.29 is 53.4 Å². The van der Waals surface area contributed by atoms with E-state index in [2.05, 4.69) is 0 Å². The van der Waals surface area contributed by atoms with Crippen LogP contribution in [-0.4, -0.2) is 41.1 Å². The predicted molar refractivity (Wildman–Crippen MR) is 46.8 cm³/mol. The van der Waals surface area contributed by atoms with E-state index >= 15 is 0 Å². The Morgan fingerprint density at radius 1 is 0.762 bits per heavy atom. The van der Waals surface area contributed by atoms with Crippen LogP contribution in [0.5, 0.6) is 0 Å². The SMILES string of the molecule is CCCC(F)C(F)(F)C(F)(F)C(F)(F)C(F)(F)C(O)(F)F. The lowest BCUT2D eigenvalue weighted by Gasteiger charge is -2.38. The van der Waals surface area contributed by atoms with Gasteiger partial charge in [0.15, 0.2) is 6.17 Å². The topological polar surface area (TPSA) is 20.2 Å². The summed E-state index contributed by atoms with van der Waals surface area (Å²) in [6.45, 7) is 0.995. The van der Waals surface area contributed by atoms with Gasteiger partial charge < -0.3 is 5.11 Å². The van der Waals surface area contributed by atoms with Crippen molar-refractivity contribution in [1.29, 1.82) is 0 Å². The van der Waals surface area contributed by atoms with Gasteiger partial charge in [0.2, 0.25) is 0 Å². The molecule has 1 unspecified atom stereocenters. The first-order valence-electron chi connectivity index (χ1n) is 5.24. The summed E-state index contributed by atoms with van der Waals surface area (Å²) in [6, 6.07) is 0. The molecule has 0 aromatic carbocycles. The Kier molecular flexibility index (Phi) is 5.22. The smallest absolute Gasteiger partial charge is 0.331 e. The summed E-state index contributed by atoms with van der Waals surface area (Å²) in [5.41, 5.74) is 0. The first-order valence-corrected chi connectivity index (χ1v) is 5.24. The van der Waals surface area contributed by atoms with E-state index in [1.807, 2.05) is 0 Å². The molecule has 0 aromatic heterocycles. The van der Waals surface area contributed by atoms with Gasteiger partial charge in [-0.15, -0.1) is 0 Å². The van der Waals surface area contributed by atoms with Gasteiger partial charge in [0, 0.05) is 0 Å². The quantitative estimate of drug-likeness (QED) is 0.686. The van der Waals surface area contributed by atoms with Gasteiger partial charge in [-0.2, -0.15) is 43.9 Å². The summed E-state index contributed by atoms with van der Waals surface area (Å²) >= 11 is 0. The van der Waals surface area contributed by atoms with Gasteiger partial charge in [0.25, 0.3) is 0 Å². The van der Waals surface area contributed by atoms with E-state index in [-0.39, 0.29) is 0 Å². The zero-order valence-electron chi connectivity index (χ0n) is 10.1. The van der Waals surface area contributed by atoms with E-state index in [1.54, 1.807) is 0 Å². The van der Waals surface area contributed by atoms with Gasteiger partial charge in [-0.3, -0.25) is 0 Å². The molecule has 0 amide bonds. The fraction of sp³-hybridized carbons (Fsp3) is 1.00. The molecule has 0 spiro atoms. The lowest BCUT2D eigenvalue weighted by molar-refractivity contribution is -0.441. The van der Waals surface area contributed by atoms with Crippen molar-refractivity contribution in [3.63, 3.8) is 0 Å². The van der Waals surface area contributed by atoms with E-state index in [0.717, 1.165) is 6.92 Å². The van der Waals surface area contributed by atoms with Gasteiger partial charge in [0.1, 0.15) is 0 Å². The van der Waals surface area contributed by atoms with Crippen LogP contribution in [0.2, 0.25) is 0 Å². The second-order valence-corrected chi connectivity index (χ2v) is 4.14. The average molecular weight is 342 g/mol. The van der Waals surface area contributed by atoms with Crippen LogP contribution in [0.4, 0.5) is 48.3 Å². The summed E-state index contributed by atoms with van der Waals surface area (Å²) < 4.78 is 139. The van der Waals surface area contributed by atoms with Crippen LogP contribution in [0.25, 0.3) is 0 Å². The summed E-state index contributed by atoms with van der Waals surface area (Å²) in [5, 5.41) is 7.52. The van der Waals surface area contributed by atoms with Gasteiger partial charge in [0.05, 0.1) is 0 Å². The molecule has 1 nitrogen and oxygen atoms in total. The minimum absolute atomic E-state index is 0.537. The molecule has 0 saturated heterocycles. The molecule has 0 rings (SSSR count). The molecule has 0 fully saturated rings. The van der Waals surface area contributed by atoms with Gasteiger partial charge >= 0.3 is 29.8 Å². The first kappa shape index (κ1) is 20.2. The summed E-state index contributed by atoms with van der Waals surface area (Å²) in [7, 11) is 0. The Balaban J connectivity index is 5.88. The molecular formula is C9H9F11O. The molecule has 21 heavy (non-hydrogen) atoms. The van der Waals surface area contributed by atoms with Crippen molar-refractivity contribution in [1.82, 2.24) is 0 Å². The maximum absolute atomic E-state index is 12.9. The summed E-state index contributed by atoms with van der Waals surface area (Å²) in [4.78, 5) is 0. The van der Waals surface area contributed by atoms with Gasteiger partial charge in [-0.05, 0) is 6.42 Å². The number of alkyl halides is 11. The molecule has 0 aliphatic heterocycles. The Morgan fingerprint density at radius 3 is 1.43 bits per heavy atom. The monoisotopic (exact) mass is 342 g/mol. The largest absolute Gasteiger partial charge is 0.423 e. The summed E-state index contributed by atoms with van der Waals surface area (Å²) in [6.07, 6.45) is -12.6. The Bertz CT molecular complexity index is 359. The van der Waals surface area contributed by atoms with Crippen molar-refractivity contribution in [2.75, 3.05) is 0 Å². The van der Waals surface area contributed by atoms with Crippen molar-refractivity contribution in [3.05, 3.63) is 0 Å². The Labute approximate surface area is 110 Å². The van der Waals surface area contributed by atoms with Gasteiger partial charge in [-0.1, -0.05) is 13.3 Å². The molecule has 0 aliphatic carbocycles. The normalized spacial score (nSPS) is 17.0. The zero-order valence-corrected chi connectivity index (χ0v) is 10.1. The number of halogens is 11. The fourth-order valence-electron chi connectivity index (χ4n) is 1.23. The van der Waals surface area contributed by atoms with Crippen molar-refractivity contribution in [2.45, 2.75) is 55.7 Å². The maximum Gasteiger partial charge on any atom is 0.423 e. The highest BCUT2D eigenvalue weighted by molar-refractivity contribution is 5.08. The first-order chi connectivity index (χ1) is 8.98. The third-order valence-corrected chi connectivity index (χ3v) is 2.52. The Hall–Kier alpha value is -0.810. The lowest BCUT2D eigenvalue weighted by atomic mass is 9.93. The molecule has 1 atom stereocenters. The van der Waals surface area contributed by atoms with Crippen LogP contribution < -0.4 is 0 Å². The second-order valence-electron chi connectivity index (χ2n) is 4.14. The predicted octanol–water partition coefficient (Wildman–Crippen LogP) is 4.25. The van der Waals surface area contributed by atoms with E-state index < -0.39 is 48.8 Å². The van der Waals surface area contributed by atoms with Crippen molar-refractivity contribution in [3.8, 4) is 0 Å². The highest BCUT2D eigenvalue weighted by Crippen LogP contribution is 2.57. The molecule has 0 bridgehead atoms. The van der Waals surface area contributed by atoms with E-state index in [1.165, 1.54) is 0 Å². The fourth-order valence-corrected chi connectivity index (χ4v) is 1.23. The standard InChI is InChI=1S/C9H9F11O/c1-2-3-4(10)5(11,12)6(13,14)7(15,16)8(17,18)9(19,20)21/h4,21H,2-3H2,1H3. The molecule has 0 heterocycles. The minimum atomic E-state index is -7.42. The number of hydrogen-bond acceptors (Lipinski definition) is 1. The maximum atomic E-state index is 12.9. The summed E-state index contributed by atoms with van der Waals surface area (Å²) in [5.74, 6) is -28.2. The highest BCUT2D eigenvalue weighted by Gasteiger charge is 2.87. The number of hydrogen-bond donors (Lipinski definition) is 1. The molecule has 0 aliphatic rings. The molecule has 0 aromatic rings. The zero-order chi connectivity index (χ0) is 17.5. The highest BCUT2D eigenvalue weighted by atomic mass is 19.4. The Morgan fingerprint density at radius 2 is 1.14 bits per heavy atom. The third kappa shape index (κ3) is 2.90. The van der Waals surface area contributed by atoms with Crippen LogP contribution in [0.3, 0.4) is 0 Å². The minimum Gasteiger partial charge on any atom is -0.331 e. The molecule has 12 heteroatoms.